The number of imidazole rings is 1. The fourth-order valence-electron chi connectivity index (χ4n) is 5.07. The molecule has 3 aromatic carbocycles. The molecule has 3 heterocycles. The number of phenolic OH excluding ortho intramolecular Hbond substituents is 1. The van der Waals surface area contributed by atoms with Crippen molar-refractivity contribution < 1.29 is 5.11 Å². The maximum Gasteiger partial charge on any atom is 0.159 e. The van der Waals surface area contributed by atoms with Crippen molar-refractivity contribution in [3.63, 3.8) is 0 Å². The molecule has 3 N–H and O–H groups in total. The zero-order valence-corrected chi connectivity index (χ0v) is 20.3. The van der Waals surface area contributed by atoms with Crippen LogP contribution in [0.3, 0.4) is 0 Å². The van der Waals surface area contributed by atoms with E-state index in [2.05, 4.69) is 86.6 Å². The minimum atomic E-state index is 0.297. The smallest absolute Gasteiger partial charge is 0.159 e. The Balaban J connectivity index is 1.22. The van der Waals surface area contributed by atoms with Gasteiger partial charge < -0.3 is 10.1 Å². The second kappa shape index (κ2) is 9.47. The lowest BCUT2D eigenvalue weighted by Crippen LogP contribution is -2.28. The van der Waals surface area contributed by atoms with Gasteiger partial charge in [-0.15, -0.1) is 0 Å². The van der Waals surface area contributed by atoms with E-state index in [1.54, 1.807) is 6.07 Å². The van der Waals surface area contributed by atoms with Crippen molar-refractivity contribution in [2.75, 3.05) is 13.1 Å². The fraction of sp³-hybridized carbons (Fsp3) is 0.200. The molecule has 6 nitrogen and oxygen atoms in total. The average molecular weight is 476 g/mol. The molecule has 36 heavy (non-hydrogen) atoms. The van der Waals surface area contributed by atoms with Crippen LogP contribution in [0.1, 0.15) is 30.2 Å². The number of hydrogen-bond acceptors (Lipinski definition) is 4. The van der Waals surface area contributed by atoms with Crippen LogP contribution >= 0.6 is 0 Å². The highest BCUT2D eigenvalue weighted by Gasteiger charge is 2.17. The van der Waals surface area contributed by atoms with E-state index < -0.39 is 0 Å². The number of nitrogens with one attached hydrogen (secondary N) is 2. The summed E-state index contributed by atoms with van der Waals surface area (Å²) < 4.78 is 0. The number of aromatic nitrogens is 4. The number of rotatable bonds is 6. The predicted molar refractivity (Wildman–Crippen MR) is 144 cm³/mol. The van der Waals surface area contributed by atoms with Crippen LogP contribution in [0.25, 0.3) is 39.1 Å². The highest BCUT2D eigenvalue weighted by Crippen LogP contribution is 2.32. The zero-order valence-electron chi connectivity index (χ0n) is 20.3. The molecule has 0 atom stereocenters. The minimum Gasteiger partial charge on any atom is -0.508 e. The molecule has 5 aromatic rings. The molecule has 0 spiro atoms. The average Bonchev–Trinajstić information content (AvgIpc) is 3.56. The lowest BCUT2D eigenvalue weighted by molar-refractivity contribution is 0.294. The van der Waals surface area contributed by atoms with Gasteiger partial charge in [0, 0.05) is 25.0 Å². The number of aromatic hydroxyl groups is 1. The van der Waals surface area contributed by atoms with E-state index in [4.69, 9.17) is 0 Å². The molecule has 0 aliphatic carbocycles. The van der Waals surface area contributed by atoms with E-state index in [0.29, 0.717) is 5.75 Å². The third-order valence-corrected chi connectivity index (χ3v) is 7.03. The van der Waals surface area contributed by atoms with Crippen molar-refractivity contribution in [1.29, 1.82) is 0 Å². The van der Waals surface area contributed by atoms with Crippen LogP contribution in [-0.2, 0) is 13.0 Å². The molecule has 0 unspecified atom stereocenters. The van der Waals surface area contributed by atoms with E-state index in [0.717, 1.165) is 77.3 Å². The number of H-pyrrole nitrogens is 2. The summed E-state index contributed by atoms with van der Waals surface area (Å²) >= 11 is 0. The van der Waals surface area contributed by atoms with Crippen LogP contribution < -0.4 is 0 Å². The maximum atomic E-state index is 9.85. The molecule has 0 amide bonds. The summed E-state index contributed by atoms with van der Waals surface area (Å²) in [5.74, 6) is 1.07. The quantitative estimate of drug-likeness (QED) is 0.274. The van der Waals surface area contributed by atoms with Crippen molar-refractivity contribution in [3.05, 3.63) is 95.8 Å². The molecule has 0 saturated carbocycles. The van der Waals surface area contributed by atoms with Crippen LogP contribution in [0, 0.1) is 0 Å². The molecule has 1 aliphatic heterocycles. The van der Waals surface area contributed by atoms with Gasteiger partial charge in [-0.05, 0) is 64.9 Å². The summed E-state index contributed by atoms with van der Waals surface area (Å²) in [5.41, 5.74) is 8.85. The Morgan fingerprint density at radius 3 is 2.72 bits per heavy atom. The third kappa shape index (κ3) is 4.32. The van der Waals surface area contributed by atoms with Crippen molar-refractivity contribution in [2.24, 2.45) is 0 Å². The molecule has 180 valence electrons. The molecule has 0 radical (unpaired) electrons. The van der Waals surface area contributed by atoms with Gasteiger partial charge in [-0.3, -0.25) is 10.00 Å². The second-order valence-corrected chi connectivity index (χ2v) is 9.37. The Bertz CT molecular complexity index is 1550. The largest absolute Gasteiger partial charge is 0.508 e. The van der Waals surface area contributed by atoms with Crippen LogP contribution in [0.4, 0.5) is 0 Å². The predicted octanol–water partition coefficient (Wildman–Crippen LogP) is 6.18. The monoisotopic (exact) mass is 475 g/mol. The van der Waals surface area contributed by atoms with Gasteiger partial charge in [0.25, 0.3) is 0 Å². The van der Waals surface area contributed by atoms with Gasteiger partial charge in [-0.25, -0.2) is 4.98 Å². The second-order valence-electron chi connectivity index (χ2n) is 9.37. The summed E-state index contributed by atoms with van der Waals surface area (Å²) in [6.07, 6.45) is 6.07. The van der Waals surface area contributed by atoms with Crippen molar-refractivity contribution >= 4 is 16.5 Å². The first-order valence-corrected chi connectivity index (χ1v) is 12.5. The van der Waals surface area contributed by atoms with E-state index in [1.807, 2.05) is 18.3 Å². The van der Waals surface area contributed by atoms with Crippen molar-refractivity contribution in [3.8, 4) is 28.4 Å². The van der Waals surface area contributed by atoms with E-state index in [-0.39, 0.29) is 0 Å². The topological polar surface area (TPSA) is 80.8 Å². The van der Waals surface area contributed by atoms with Gasteiger partial charge in [-0.2, -0.15) is 5.10 Å². The Morgan fingerprint density at radius 2 is 1.92 bits per heavy atom. The lowest BCUT2D eigenvalue weighted by Gasteiger charge is -2.26. The van der Waals surface area contributed by atoms with Gasteiger partial charge in [0.15, 0.2) is 5.82 Å². The van der Waals surface area contributed by atoms with Gasteiger partial charge in [-0.1, -0.05) is 55.5 Å². The van der Waals surface area contributed by atoms with Crippen LogP contribution in [0.2, 0.25) is 0 Å². The molecule has 0 fully saturated rings. The van der Waals surface area contributed by atoms with Crippen molar-refractivity contribution in [2.45, 2.75) is 26.3 Å². The number of aryl methyl sites for hydroxylation is 1. The van der Waals surface area contributed by atoms with Gasteiger partial charge in [0.1, 0.15) is 11.4 Å². The first kappa shape index (κ1) is 22.3. The summed E-state index contributed by atoms with van der Waals surface area (Å²) in [6, 6.07) is 22.5. The number of aromatic amines is 2. The minimum absolute atomic E-state index is 0.297. The Morgan fingerprint density at radius 1 is 1.03 bits per heavy atom. The fourth-order valence-corrected chi connectivity index (χ4v) is 5.07. The SMILES string of the molecule is CCc1cc(O)ccc1-c1ccc2c(-c3ncc(C4=CCN(Cc5ccccc5)CC4)[nH]3)n[nH]c2c1. The van der Waals surface area contributed by atoms with Crippen LogP contribution in [0.15, 0.2) is 79.0 Å². The first-order chi connectivity index (χ1) is 17.7. The van der Waals surface area contributed by atoms with E-state index in [9.17, 15) is 5.11 Å². The molecule has 6 rings (SSSR count). The molecule has 0 bridgehead atoms. The molecule has 2 aromatic heterocycles. The molecule has 0 saturated heterocycles. The summed E-state index contributed by atoms with van der Waals surface area (Å²) in [5, 5.41) is 18.7. The van der Waals surface area contributed by atoms with E-state index >= 15 is 0 Å². The summed E-state index contributed by atoms with van der Waals surface area (Å²) in [7, 11) is 0. The lowest BCUT2D eigenvalue weighted by atomic mass is 9.97. The maximum absolute atomic E-state index is 9.85. The molecule has 6 heteroatoms. The zero-order chi connectivity index (χ0) is 24.5. The van der Waals surface area contributed by atoms with Crippen molar-refractivity contribution in [1.82, 2.24) is 25.1 Å². The standard InChI is InChI=1S/C30H29N5O/c1-2-21-16-24(36)9-11-25(21)23-8-10-26-27(17-23)33-34-29(26)30-31-18-28(32-30)22-12-14-35(15-13-22)19-20-6-4-3-5-7-20/h3-12,16-18,36H,2,13-15,19H2,1H3,(H,31,32)(H,33,34). The normalized spacial score (nSPS) is 14.3. The Hall–Kier alpha value is -4.16. The number of nitrogens with zero attached hydrogens (tertiary/aromatic N) is 3. The molecular weight excluding hydrogens is 446 g/mol. The first-order valence-electron chi connectivity index (χ1n) is 12.5. The highest BCUT2D eigenvalue weighted by atomic mass is 16.3. The number of fused-ring (bicyclic) bond motifs is 1. The van der Waals surface area contributed by atoms with E-state index in [1.165, 1.54) is 11.1 Å². The van der Waals surface area contributed by atoms with Gasteiger partial charge >= 0.3 is 0 Å². The Kier molecular flexibility index (Phi) is 5.87. The summed E-state index contributed by atoms with van der Waals surface area (Å²) in [6.45, 7) is 5.04. The van der Waals surface area contributed by atoms with Crippen LogP contribution in [0.5, 0.6) is 5.75 Å². The molecular formula is C30H29N5O. The van der Waals surface area contributed by atoms with Gasteiger partial charge in [0.05, 0.1) is 17.4 Å². The van der Waals surface area contributed by atoms with Crippen LogP contribution in [-0.4, -0.2) is 43.3 Å². The molecule has 1 aliphatic rings. The highest BCUT2D eigenvalue weighted by molar-refractivity contribution is 5.94. The number of benzene rings is 3. The van der Waals surface area contributed by atoms with Gasteiger partial charge in [0.2, 0.25) is 0 Å². The number of hydrogen-bond donors (Lipinski definition) is 3. The number of phenols is 1. The Labute approximate surface area is 210 Å². The third-order valence-electron chi connectivity index (χ3n) is 7.03. The summed E-state index contributed by atoms with van der Waals surface area (Å²) in [4.78, 5) is 10.6.